The van der Waals surface area contributed by atoms with Gasteiger partial charge in [-0.3, -0.25) is 0 Å². The second-order valence-corrected chi connectivity index (χ2v) is 11.0. The number of anilines is 1. The van der Waals surface area contributed by atoms with Crippen molar-refractivity contribution in [3.63, 3.8) is 0 Å². The van der Waals surface area contributed by atoms with E-state index in [0.29, 0.717) is 29.4 Å². The van der Waals surface area contributed by atoms with E-state index in [-0.39, 0.29) is 13.2 Å². The number of hydrogen-bond donors (Lipinski definition) is 2. The molecule has 3 aromatic carbocycles. The highest BCUT2D eigenvalue weighted by Crippen LogP contribution is 2.46. The van der Waals surface area contributed by atoms with Crippen LogP contribution in [0, 0.1) is 0 Å². The normalized spacial score (nSPS) is 22.0. The molecule has 6 rings (SSSR count). The maximum atomic E-state index is 12.5. The Morgan fingerprint density at radius 2 is 1.43 bits per heavy atom. The molecule has 0 spiro atoms. The molecule has 2 aromatic heterocycles. The van der Waals surface area contributed by atoms with Crippen LogP contribution in [0.5, 0.6) is 0 Å². The zero-order valence-electron chi connectivity index (χ0n) is 23.3. The second kappa shape index (κ2) is 13.1. The number of rotatable bonds is 12. The van der Waals surface area contributed by atoms with E-state index in [1.54, 1.807) is 7.05 Å². The summed E-state index contributed by atoms with van der Waals surface area (Å²) in [6.45, 7) is 1.19. The van der Waals surface area contributed by atoms with Crippen LogP contribution in [-0.2, 0) is 44.6 Å². The Kier molecular flexibility index (Phi) is 8.85. The van der Waals surface area contributed by atoms with Crippen LogP contribution in [0.1, 0.15) is 21.6 Å². The number of aliphatic hydroxyl groups is 1. The average Bonchev–Trinajstić information content (AvgIpc) is 3.60. The topological polar surface area (TPSA) is 95.0 Å². The molecule has 4 unspecified atom stereocenters. The Hall–Kier alpha value is -3.70. The molecular weight excluding hydrogens is 550 g/mol. The van der Waals surface area contributed by atoms with E-state index >= 15 is 0 Å². The molecule has 1 aliphatic rings. The molecule has 2 N–H and O–H groups in total. The molecule has 0 bridgehead atoms. The monoisotopic (exact) mass is 583 g/mol. The number of thiophene rings is 1. The van der Waals surface area contributed by atoms with E-state index in [2.05, 4.69) is 15.3 Å². The van der Waals surface area contributed by atoms with Crippen molar-refractivity contribution in [3.8, 4) is 0 Å². The van der Waals surface area contributed by atoms with Crippen molar-refractivity contribution in [1.82, 2.24) is 9.97 Å². The summed E-state index contributed by atoms with van der Waals surface area (Å²) >= 11 is 1.36. The van der Waals surface area contributed by atoms with Crippen molar-refractivity contribution in [3.05, 3.63) is 124 Å². The first-order chi connectivity index (χ1) is 20.7. The predicted octanol–water partition coefficient (Wildman–Crippen LogP) is 5.66. The lowest BCUT2D eigenvalue weighted by Gasteiger charge is -2.30. The summed E-state index contributed by atoms with van der Waals surface area (Å²) < 4.78 is 25.7. The molecule has 3 heterocycles. The van der Waals surface area contributed by atoms with Crippen LogP contribution in [-0.4, -0.2) is 47.0 Å². The molecule has 0 radical (unpaired) electrons. The summed E-state index contributed by atoms with van der Waals surface area (Å²) in [5, 5.41) is 18.3. The van der Waals surface area contributed by atoms with Crippen LogP contribution in [0.15, 0.2) is 103 Å². The molecule has 0 amide bonds. The molecule has 216 valence electrons. The second-order valence-electron chi connectivity index (χ2n) is 10.1. The Balaban J connectivity index is 1.34. The number of nitrogens with zero attached hydrogens (tertiary/aromatic N) is 2. The van der Waals surface area contributed by atoms with Gasteiger partial charge in [0.2, 0.25) is 5.79 Å². The molecule has 5 aromatic rings. The van der Waals surface area contributed by atoms with Crippen LogP contribution in [0.2, 0.25) is 0 Å². The number of aromatic nitrogens is 2. The van der Waals surface area contributed by atoms with E-state index < -0.39 is 24.1 Å². The van der Waals surface area contributed by atoms with Crippen molar-refractivity contribution < 1.29 is 24.1 Å². The Morgan fingerprint density at radius 3 is 2.05 bits per heavy atom. The highest BCUT2D eigenvalue weighted by Gasteiger charge is 2.58. The minimum absolute atomic E-state index is 0.196. The van der Waals surface area contributed by atoms with Crippen LogP contribution >= 0.6 is 11.3 Å². The Labute approximate surface area is 248 Å². The number of nitrogens with one attached hydrogen (secondary N) is 1. The number of benzene rings is 3. The SMILES string of the molecule is CNc1ncnc2c(C3(O)OC(COCc4ccccc4)C(OCc4ccccc4)C3OCc3ccccc3)scc12. The van der Waals surface area contributed by atoms with Crippen molar-refractivity contribution >= 4 is 28.1 Å². The third kappa shape index (κ3) is 6.07. The van der Waals surface area contributed by atoms with Gasteiger partial charge in [-0.1, -0.05) is 91.0 Å². The summed E-state index contributed by atoms with van der Waals surface area (Å²) in [4.78, 5) is 9.40. The van der Waals surface area contributed by atoms with Crippen LogP contribution in [0.4, 0.5) is 5.82 Å². The maximum absolute atomic E-state index is 12.5. The maximum Gasteiger partial charge on any atom is 0.234 e. The standard InChI is InChI=1S/C33H33N3O5S/c1-34-32-26-21-42-31(28(26)35-22-36-32)33(37)30(40-19-25-15-9-4-10-16-25)29(39-18-24-13-7-3-8-14-24)27(41-33)20-38-17-23-11-5-2-6-12-23/h2-16,21-22,27,29-30,37H,17-20H2,1H3,(H,34,35,36). The van der Waals surface area contributed by atoms with Gasteiger partial charge in [0.15, 0.2) is 0 Å². The lowest BCUT2D eigenvalue weighted by Crippen LogP contribution is -2.44. The zero-order valence-corrected chi connectivity index (χ0v) is 24.1. The molecule has 1 fully saturated rings. The average molecular weight is 584 g/mol. The van der Waals surface area contributed by atoms with Crippen LogP contribution in [0.25, 0.3) is 10.9 Å². The third-order valence-electron chi connectivity index (χ3n) is 7.29. The Bertz CT molecular complexity index is 1570. The zero-order chi connectivity index (χ0) is 28.8. The molecule has 0 saturated carbocycles. The van der Waals surface area contributed by atoms with E-state index in [9.17, 15) is 5.11 Å². The predicted molar refractivity (Wildman–Crippen MR) is 162 cm³/mol. The summed E-state index contributed by atoms with van der Waals surface area (Å²) in [7, 11) is 1.80. The lowest BCUT2D eigenvalue weighted by molar-refractivity contribution is -0.250. The summed E-state index contributed by atoms with van der Waals surface area (Å²) in [5.74, 6) is -1.17. The first-order valence-corrected chi connectivity index (χ1v) is 14.8. The fraction of sp³-hybridized carbons (Fsp3) is 0.273. The molecule has 4 atom stereocenters. The molecule has 0 aliphatic carbocycles. The minimum atomic E-state index is -1.84. The van der Waals surface area contributed by atoms with Crippen molar-refractivity contribution in [1.29, 1.82) is 0 Å². The van der Waals surface area contributed by atoms with E-state index in [1.807, 2.05) is 96.4 Å². The first-order valence-electron chi connectivity index (χ1n) is 13.9. The quantitative estimate of drug-likeness (QED) is 0.194. The van der Waals surface area contributed by atoms with Crippen LogP contribution < -0.4 is 5.32 Å². The van der Waals surface area contributed by atoms with Gasteiger partial charge in [-0.05, 0) is 16.7 Å². The molecule has 42 heavy (non-hydrogen) atoms. The number of fused-ring (bicyclic) bond motifs is 1. The van der Waals surface area contributed by atoms with Gasteiger partial charge in [0.25, 0.3) is 0 Å². The van der Waals surface area contributed by atoms with Gasteiger partial charge in [-0.15, -0.1) is 11.3 Å². The van der Waals surface area contributed by atoms with E-state index in [0.717, 1.165) is 22.1 Å². The molecule has 1 aliphatic heterocycles. The van der Waals surface area contributed by atoms with E-state index in [4.69, 9.17) is 18.9 Å². The molecule has 8 nitrogen and oxygen atoms in total. The number of ether oxygens (including phenoxy) is 4. The van der Waals surface area contributed by atoms with Gasteiger partial charge in [-0.2, -0.15) is 0 Å². The molecule has 1 saturated heterocycles. The fourth-order valence-electron chi connectivity index (χ4n) is 5.21. The summed E-state index contributed by atoms with van der Waals surface area (Å²) in [6, 6.07) is 29.7. The fourth-order valence-corrected chi connectivity index (χ4v) is 6.27. The molecular formula is C33H33N3O5S. The highest BCUT2D eigenvalue weighted by molar-refractivity contribution is 7.11. The van der Waals surface area contributed by atoms with Gasteiger partial charge in [0, 0.05) is 12.4 Å². The molecule has 9 heteroatoms. The smallest absolute Gasteiger partial charge is 0.234 e. The van der Waals surface area contributed by atoms with Gasteiger partial charge in [0.05, 0.1) is 42.2 Å². The Morgan fingerprint density at radius 1 is 0.833 bits per heavy atom. The minimum Gasteiger partial charge on any atom is -0.374 e. The largest absolute Gasteiger partial charge is 0.374 e. The van der Waals surface area contributed by atoms with Gasteiger partial charge in [0.1, 0.15) is 30.5 Å². The lowest BCUT2D eigenvalue weighted by atomic mass is 10.0. The first kappa shape index (κ1) is 28.4. The van der Waals surface area contributed by atoms with Gasteiger partial charge >= 0.3 is 0 Å². The van der Waals surface area contributed by atoms with Crippen molar-refractivity contribution in [2.45, 2.75) is 43.9 Å². The van der Waals surface area contributed by atoms with Gasteiger partial charge < -0.3 is 29.4 Å². The number of hydrogen-bond acceptors (Lipinski definition) is 9. The van der Waals surface area contributed by atoms with Crippen molar-refractivity contribution in [2.24, 2.45) is 0 Å². The summed E-state index contributed by atoms with van der Waals surface area (Å²) in [6.07, 6.45) is -0.656. The van der Waals surface area contributed by atoms with E-state index in [1.165, 1.54) is 17.7 Å². The highest BCUT2D eigenvalue weighted by atomic mass is 32.1. The van der Waals surface area contributed by atoms with Crippen molar-refractivity contribution in [2.75, 3.05) is 19.0 Å². The van der Waals surface area contributed by atoms with Crippen LogP contribution in [0.3, 0.4) is 0 Å². The summed E-state index contributed by atoms with van der Waals surface area (Å²) in [5.41, 5.74) is 3.63. The van der Waals surface area contributed by atoms with Gasteiger partial charge in [-0.25, -0.2) is 9.97 Å². The third-order valence-corrected chi connectivity index (χ3v) is 8.36.